The molecule has 2 heterocycles. The third kappa shape index (κ3) is 2.71. The van der Waals surface area contributed by atoms with Crippen molar-refractivity contribution in [2.75, 3.05) is 19.6 Å². The van der Waals surface area contributed by atoms with Gasteiger partial charge in [-0.2, -0.15) is 0 Å². The summed E-state index contributed by atoms with van der Waals surface area (Å²) in [5.74, 6) is 1.03. The third-order valence-electron chi connectivity index (χ3n) is 3.80. The first-order valence-electron chi connectivity index (χ1n) is 6.27. The topological polar surface area (TPSA) is 32.3 Å². The molecule has 0 aromatic carbocycles. The zero-order valence-electron chi connectivity index (χ0n) is 9.67. The molecule has 0 aromatic rings. The van der Waals surface area contributed by atoms with Crippen LogP contribution in [0.1, 0.15) is 39.0 Å². The lowest BCUT2D eigenvalue weighted by atomic mass is 9.94. The molecule has 0 saturated carbocycles. The van der Waals surface area contributed by atoms with Gasteiger partial charge in [-0.25, -0.2) is 0 Å². The molecule has 15 heavy (non-hydrogen) atoms. The number of hydrogen-bond donors (Lipinski definition) is 1. The second kappa shape index (κ2) is 4.97. The van der Waals surface area contributed by atoms with Crippen molar-refractivity contribution < 1.29 is 4.79 Å². The highest BCUT2D eigenvalue weighted by atomic mass is 16.2. The van der Waals surface area contributed by atoms with Gasteiger partial charge in [-0.3, -0.25) is 4.79 Å². The average Bonchev–Trinajstić information content (AvgIpc) is 2.66. The van der Waals surface area contributed by atoms with E-state index in [-0.39, 0.29) is 0 Å². The summed E-state index contributed by atoms with van der Waals surface area (Å²) in [6.45, 7) is 5.35. The molecular weight excluding hydrogens is 188 g/mol. The molecule has 1 atom stereocenters. The van der Waals surface area contributed by atoms with Crippen LogP contribution in [0.5, 0.6) is 0 Å². The molecule has 1 unspecified atom stereocenters. The molecule has 2 aliphatic rings. The first kappa shape index (κ1) is 10.9. The second-order valence-corrected chi connectivity index (χ2v) is 4.98. The molecule has 2 saturated heterocycles. The van der Waals surface area contributed by atoms with Gasteiger partial charge in [-0.15, -0.1) is 0 Å². The van der Waals surface area contributed by atoms with Gasteiger partial charge in [0.1, 0.15) is 0 Å². The Balaban J connectivity index is 1.80. The van der Waals surface area contributed by atoms with Crippen LogP contribution in [0.4, 0.5) is 0 Å². The number of hydrogen-bond acceptors (Lipinski definition) is 2. The summed E-state index contributed by atoms with van der Waals surface area (Å²) < 4.78 is 0. The minimum absolute atomic E-state index is 0.395. The van der Waals surface area contributed by atoms with E-state index >= 15 is 0 Å². The van der Waals surface area contributed by atoms with Crippen LogP contribution in [0.2, 0.25) is 0 Å². The van der Waals surface area contributed by atoms with Gasteiger partial charge in [-0.05, 0) is 51.6 Å². The lowest BCUT2D eigenvalue weighted by Crippen LogP contribution is -2.37. The first-order valence-corrected chi connectivity index (χ1v) is 6.27. The number of likely N-dealkylation sites (tertiary alicyclic amines) is 1. The average molecular weight is 210 g/mol. The Kier molecular flexibility index (Phi) is 3.62. The van der Waals surface area contributed by atoms with Gasteiger partial charge in [0.25, 0.3) is 0 Å². The fraction of sp³-hybridized carbons (Fsp3) is 0.917. The predicted octanol–water partition coefficient (Wildman–Crippen LogP) is 1.39. The van der Waals surface area contributed by atoms with E-state index in [1.54, 1.807) is 0 Å². The number of carbonyl (C=O) groups is 1. The van der Waals surface area contributed by atoms with Gasteiger partial charge in [0.05, 0.1) is 0 Å². The van der Waals surface area contributed by atoms with Gasteiger partial charge in [0.2, 0.25) is 5.91 Å². The summed E-state index contributed by atoms with van der Waals surface area (Å²) in [5, 5.41) is 3.34. The normalized spacial score (nSPS) is 28.3. The van der Waals surface area contributed by atoms with Crippen LogP contribution < -0.4 is 5.32 Å². The van der Waals surface area contributed by atoms with Crippen LogP contribution >= 0.6 is 0 Å². The number of nitrogens with zero attached hydrogens (tertiary/aromatic N) is 1. The van der Waals surface area contributed by atoms with E-state index in [9.17, 15) is 4.79 Å². The zero-order chi connectivity index (χ0) is 10.7. The van der Waals surface area contributed by atoms with E-state index in [0.717, 1.165) is 26.1 Å². The highest BCUT2D eigenvalue weighted by Gasteiger charge is 2.27. The third-order valence-corrected chi connectivity index (χ3v) is 3.80. The van der Waals surface area contributed by atoms with Crippen molar-refractivity contribution in [3.05, 3.63) is 0 Å². The van der Waals surface area contributed by atoms with Crippen molar-refractivity contribution in [2.45, 2.75) is 45.1 Å². The summed E-state index contributed by atoms with van der Waals surface area (Å²) in [5.41, 5.74) is 0. The summed E-state index contributed by atoms with van der Waals surface area (Å²) >= 11 is 0. The molecule has 0 bridgehead atoms. The number of carbonyl (C=O) groups excluding carboxylic acids is 1. The van der Waals surface area contributed by atoms with Crippen LogP contribution in [-0.4, -0.2) is 36.5 Å². The summed E-state index contributed by atoms with van der Waals surface area (Å²) in [6.07, 6.45) is 5.52. The number of nitrogens with one attached hydrogen (secondary N) is 1. The van der Waals surface area contributed by atoms with E-state index < -0.39 is 0 Å². The Morgan fingerprint density at radius 3 is 2.67 bits per heavy atom. The Labute approximate surface area is 92.2 Å². The van der Waals surface area contributed by atoms with Gasteiger partial charge in [0.15, 0.2) is 0 Å². The summed E-state index contributed by atoms with van der Waals surface area (Å²) in [7, 11) is 0. The Morgan fingerprint density at radius 1 is 1.33 bits per heavy atom. The van der Waals surface area contributed by atoms with Crippen molar-refractivity contribution >= 4 is 5.91 Å². The maximum atomic E-state index is 12.0. The van der Waals surface area contributed by atoms with E-state index in [1.807, 2.05) is 0 Å². The smallest absolute Gasteiger partial charge is 0.223 e. The molecule has 2 aliphatic heterocycles. The fourth-order valence-electron chi connectivity index (χ4n) is 2.75. The maximum Gasteiger partial charge on any atom is 0.223 e. The standard InChI is InChI=1S/C12H22N2O/c1-10-3-2-8-14(10)12(15)9-11-4-6-13-7-5-11/h10-11,13H,2-9H2,1H3. The molecule has 0 radical (unpaired) electrons. The minimum atomic E-state index is 0.395. The quantitative estimate of drug-likeness (QED) is 0.747. The SMILES string of the molecule is CC1CCCN1C(=O)CC1CCNCC1. The molecular formula is C12H22N2O. The van der Waals surface area contributed by atoms with Gasteiger partial charge < -0.3 is 10.2 Å². The molecule has 3 nitrogen and oxygen atoms in total. The van der Waals surface area contributed by atoms with Crippen LogP contribution in [0, 0.1) is 5.92 Å². The van der Waals surface area contributed by atoms with Crippen LogP contribution in [0.25, 0.3) is 0 Å². The van der Waals surface area contributed by atoms with E-state index in [2.05, 4.69) is 17.1 Å². The first-order chi connectivity index (χ1) is 7.27. The van der Waals surface area contributed by atoms with Crippen molar-refractivity contribution in [3.63, 3.8) is 0 Å². The van der Waals surface area contributed by atoms with Gasteiger partial charge >= 0.3 is 0 Å². The fourth-order valence-corrected chi connectivity index (χ4v) is 2.75. The highest BCUT2D eigenvalue weighted by molar-refractivity contribution is 5.77. The Hall–Kier alpha value is -0.570. The van der Waals surface area contributed by atoms with Crippen LogP contribution in [0.15, 0.2) is 0 Å². The zero-order valence-corrected chi connectivity index (χ0v) is 9.67. The molecule has 2 fully saturated rings. The highest BCUT2D eigenvalue weighted by Crippen LogP contribution is 2.22. The lowest BCUT2D eigenvalue weighted by molar-refractivity contribution is -0.132. The van der Waals surface area contributed by atoms with Crippen molar-refractivity contribution in [1.29, 1.82) is 0 Å². The molecule has 86 valence electrons. The Bertz CT molecular complexity index is 224. The van der Waals surface area contributed by atoms with E-state index in [1.165, 1.54) is 25.7 Å². The predicted molar refractivity (Wildman–Crippen MR) is 60.6 cm³/mol. The number of piperidine rings is 1. The largest absolute Gasteiger partial charge is 0.340 e. The minimum Gasteiger partial charge on any atom is -0.340 e. The molecule has 0 aliphatic carbocycles. The Morgan fingerprint density at radius 2 is 2.07 bits per heavy atom. The summed E-state index contributed by atoms with van der Waals surface area (Å²) in [6, 6.07) is 0.485. The van der Waals surface area contributed by atoms with Gasteiger partial charge in [0, 0.05) is 19.0 Å². The molecule has 1 N–H and O–H groups in total. The number of amides is 1. The number of rotatable bonds is 2. The maximum absolute atomic E-state index is 12.0. The van der Waals surface area contributed by atoms with E-state index in [0.29, 0.717) is 17.9 Å². The molecule has 2 rings (SSSR count). The van der Waals surface area contributed by atoms with Crippen molar-refractivity contribution in [1.82, 2.24) is 10.2 Å². The van der Waals surface area contributed by atoms with Crippen molar-refractivity contribution in [2.24, 2.45) is 5.92 Å². The summed E-state index contributed by atoms with van der Waals surface area (Å²) in [4.78, 5) is 14.1. The second-order valence-electron chi connectivity index (χ2n) is 4.98. The monoisotopic (exact) mass is 210 g/mol. The molecule has 0 aromatic heterocycles. The molecule has 0 spiro atoms. The molecule has 1 amide bonds. The molecule has 3 heteroatoms. The van der Waals surface area contributed by atoms with Crippen molar-refractivity contribution in [3.8, 4) is 0 Å². The van der Waals surface area contributed by atoms with Crippen LogP contribution in [0.3, 0.4) is 0 Å². The van der Waals surface area contributed by atoms with Crippen LogP contribution in [-0.2, 0) is 4.79 Å². The van der Waals surface area contributed by atoms with Gasteiger partial charge in [-0.1, -0.05) is 0 Å². The van der Waals surface area contributed by atoms with E-state index in [4.69, 9.17) is 0 Å². The lowest BCUT2D eigenvalue weighted by Gasteiger charge is -2.26.